The van der Waals surface area contributed by atoms with E-state index in [4.69, 9.17) is 0 Å². The number of fused-ring (bicyclic) bond motifs is 1. The first-order valence-electron chi connectivity index (χ1n) is 11.5. The van der Waals surface area contributed by atoms with Gasteiger partial charge in [0.1, 0.15) is 0 Å². The number of benzene rings is 3. The fourth-order valence-corrected chi connectivity index (χ4v) is 5.95. The van der Waals surface area contributed by atoms with Gasteiger partial charge >= 0.3 is 0 Å². The van der Waals surface area contributed by atoms with E-state index in [-0.39, 0.29) is 0 Å². The van der Waals surface area contributed by atoms with Crippen molar-refractivity contribution >= 4 is 22.7 Å². The van der Waals surface area contributed by atoms with Crippen molar-refractivity contribution in [3.8, 4) is 11.1 Å². The Hall–Kier alpha value is -1.81. The van der Waals surface area contributed by atoms with E-state index in [1.807, 2.05) is 11.9 Å². The Bertz CT molecular complexity index is 985. The van der Waals surface area contributed by atoms with E-state index in [1.165, 1.54) is 78.7 Å². The third-order valence-electron chi connectivity index (χ3n) is 6.91. The standard InChI is InChI=1S/C27H32N2S/c1-21-11-15-28(16-12-21)26-13-17-29(18-14-26)30-27-8-4-7-24(20-27)25-10-9-22-5-2-3-6-23(22)19-25/h2-10,19-21,26H,11-18H2,1H3. The molecule has 0 spiro atoms. The van der Waals surface area contributed by atoms with Crippen LogP contribution in [0.5, 0.6) is 0 Å². The van der Waals surface area contributed by atoms with Gasteiger partial charge in [0.2, 0.25) is 0 Å². The Morgan fingerprint density at radius 1 is 0.700 bits per heavy atom. The van der Waals surface area contributed by atoms with Gasteiger partial charge in [0, 0.05) is 24.0 Å². The summed E-state index contributed by atoms with van der Waals surface area (Å²) in [5.74, 6) is 0.923. The highest BCUT2D eigenvalue weighted by Crippen LogP contribution is 2.32. The third-order valence-corrected chi connectivity index (χ3v) is 8.00. The molecule has 0 amide bonds. The summed E-state index contributed by atoms with van der Waals surface area (Å²) in [5.41, 5.74) is 2.61. The topological polar surface area (TPSA) is 6.48 Å². The van der Waals surface area contributed by atoms with Crippen LogP contribution in [0.1, 0.15) is 32.6 Å². The Labute approximate surface area is 185 Å². The molecule has 2 aliphatic rings. The van der Waals surface area contributed by atoms with Gasteiger partial charge in [-0.3, -0.25) is 0 Å². The molecule has 5 rings (SSSR count). The van der Waals surface area contributed by atoms with Crippen molar-refractivity contribution in [3.63, 3.8) is 0 Å². The Balaban J connectivity index is 1.22. The monoisotopic (exact) mass is 416 g/mol. The molecule has 0 bridgehead atoms. The fraction of sp³-hybridized carbons (Fsp3) is 0.407. The lowest BCUT2D eigenvalue weighted by Gasteiger charge is -2.41. The summed E-state index contributed by atoms with van der Waals surface area (Å²) in [6, 6.07) is 25.2. The van der Waals surface area contributed by atoms with Crippen molar-refractivity contribution in [2.45, 2.75) is 43.5 Å². The average Bonchev–Trinajstić information content (AvgIpc) is 2.80. The number of hydrogen-bond donors (Lipinski definition) is 0. The van der Waals surface area contributed by atoms with Crippen molar-refractivity contribution < 1.29 is 0 Å². The van der Waals surface area contributed by atoms with Crippen LogP contribution in [0.2, 0.25) is 0 Å². The van der Waals surface area contributed by atoms with Crippen LogP contribution in [0.4, 0.5) is 0 Å². The predicted octanol–water partition coefficient (Wildman–Crippen LogP) is 6.71. The highest BCUT2D eigenvalue weighted by Gasteiger charge is 2.27. The van der Waals surface area contributed by atoms with E-state index in [0.29, 0.717) is 0 Å². The third kappa shape index (κ3) is 4.59. The molecule has 3 aromatic carbocycles. The molecule has 3 heteroatoms. The van der Waals surface area contributed by atoms with Gasteiger partial charge in [0.05, 0.1) is 0 Å². The summed E-state index contributed by atoms with van der Waals surface area (Å²) in [6.45, 7) is 7.42. The number of rotatable bonds is 4. The molecule has 0 unspecified atom stereocenters. The summed E-state index contributed by atoms with van der Waals surface area (Å²) in [5, 5.41) is 2.61. The van der Waals surface area contributed by atoms with Crippen molar-refractivity contribution in [1.29, 1.82) is 0 Å². The van der Waals surface area contributed by atoms with Crippen LogP contribution in [0.3, 0.4) is 0 Å². The van der Waals surface area contributed by atoms with E-state index in [2.05, 4.69) is 82.9 Å². The predicted molar refractivity (Wildman–Crippen MR) is 130 cm³/mol. The summed E-state index contributed by atoms with van der Waals surface area (Å²) >= 11 is 1.94. The van der Waals surface area contributed by atoms with Crippen LogP contribution in [-0.4, -0.2) is 41.4 Å². The van der Waals surface area contributed by atoms with Crippen LogP contribution in [-0.2, 0) is 0 Å². The summed E-state index contributed by atoms with van der Waals surface area (Å²) in [4.78, 5) is 4.12. The Morgan fingerprint density at radius 3 is 2.23 bits per heavy atom. The minimum absolute atomic E-state index is 0.804. The van der Waals surface area contributed by atoms with Gasteiger partial charge in [-0.1, -0.05) is 55.5 Å². The van der Waals surface area contributed by atoms with Crippen LogP contribution in [0.25, 0.3) is 21.9 Å². The molecule has 2 aliphatic heterocycles. The second-order valence-corrected chi connectivity index (χ2v) is 10.2. The van der Waals surface area contributed by atoms with Crippen LogP contribution >= 0.6 is 11.9 Å². The molecule has 3 aromatic rings. The number of nitrogens with zero attached hydrogens (tertiary/aromatic N) is 2. The normalized spacial score (nSPS) is 20.0. The summed E-state index contributed by atoms with van der Waals surface area (Å²) < 4.78 is 2.57. The molecule has 2 nitrogen and oxygen atoms in total. The molecule has 2 saturated heterocycles. The number of likely N-dealkylation sites (tertiary alicyclic amines) is 1. The minimum atomic E-state index is 0.804. The van der Waals surface area contributed by atoms with E-state index in [0.717, 1.165) is 12.0 Å². The van der Waals surface area contributed by atoms with Crippen molar-refractivity contribution in [2.75, 3.05) is 26.2 Å². The fourth-order valence-electron chi connectivity index (χ4n) is 4.94. The van der Waals surface area contributed by atoms with Crippen molar-refractivity contribution in [1.82, 2.24) is 9.21 Å². The highest BCUT2D eigenvalue weighted by molar-refractivity contribution is 7.97. The smallest absolute Gasteiger partial charge is 0.0236 e. The maximum absolute atomic E-state index is 2.77. The molecule has 0 aromatic heterocycles. The lowest BCUT2D eigenvalue weighted by molar-refractivity contribution is 0.103. The van der Waals surface area contributed by atoms with E-state index in [9.17, 15) is 0 Å². The maximum Gasteiger partial charge on any atom is 0.0236 e. The van der Waals surface area contributed by atoms with Gasteiger partial charge in [0.15, 0.2) is 0 Å². The first kappa shape index (κ1) is 20.1. The van der Waals surface area contributed by atoms with E-state index < -0.39 is 0 Å². The number of hydrogen-bond acceptors (Lipinski definition) is 3. The Morgan fingerprint density at radius 2 is 1.43 bits per heavy atom. The lowest BCUT2D eigenvalue weighted by atomic mass is 9.95. The highest BCUT2D eigenvalue weighted by atomic mass is 32.2. The van der Waals surface area contributed by atoms with Gasteiger partial charge in [-0.15, -0.1) is 0 Å². The molecule has 0 radical (unpaired) electrons. The minimum Gasteiger partial charge on any atom is -0.300 e. The number of piperidine rings is 2. The molecule has 2 fully saturated rings. The first-order chi connectivity index (χ1) is 14.7. The van der Waals surface area contributed by atoms with Crippen LogP contribution in [0.15, 0.2) is 71.6 Å². The molecule has 0 saturated carbocycles. The SMILES string of the molecule is CC1CCN(C2CCN(Sc3cccc(-c4ccc5ccccc5c4)c3)CC2)CC1. The first-order valence-corrected chi connectivity index (χ1v) is 12.3. The van der Waals surface area contributed by atoms with E-state index in [1.54, 1.807) is 0 Å². The molecule has 0 atom stereocenters. The molecule has 0 aliphatic carbocycles. The lowest BCUT2D eigenvalue weighted by Crippen LogP contribution is -2.46. The largest absolute Gasteiger partial charge is 0.300 e. The van der Waals surface area contributed by atoms with Crippen LogP contribution < -0.4 is 0 Å². The zero-order valence-electron chi connectivity index (χ0n) is 18.0. The second kappa shape index (κ2) is 9.13. The summed E-state index contributed by atoms with van der Waals surface area (Å²) in [6.07, 6.45) is 5.39. The molecular formula is C27H32N2S. The molecule has 2 heterocycles. The van der Waals surface area contributed by atoms with Gasteiger partial charge in [-0.05, 0) is 96.7 Å². The van der Waals surface area contributed by atoms with Gasteiger partial charge in [0.25, 0.3) is 0 Å². The van der Waals surface area contributed by atoms with E-state index >= 15 is 0 Å². The summed E-state index contributed by atoms with van der Waals surface area (Å²) in [7, 11) is 0. The quantitative estimate of drug-likeness (QED) is 0.436. The van der Waals surface area contributed by atoms with Crippen LogP contribution in [0, 0.1) is 5.92 Å². The average molecular weight is 417 g/mol. The zero-order valence-corrected chi connectivity index (χ0v) is 18.8. The molecular weight excluding hydrogens is 384 g/mol. The second-order valence-electron chi connectivity index (χ2n) is 9.06. The van der Waals surface area contributed by atoms with Crippen molar-refractivity contribution in [2.24, 2.45) is 5.92 Å². The van der Waals surface area contributed by atoms with Gasteiger partial charge in [-0.2, -0.15) is 0 Å². The maximum atomic E-state index is 2.77. The van der Waals surface area contributed by atoms with Gasteiger partial charge in [-0.25, -0.2) is 4.31 Å². The van der Waals surface area contributed by atoms with Crippen molar-refractivity contribution in [3.05, 3.63) is 66.7 Å². The molecule has 30 heavy (non-hydrogen) atoms. The molecule has 0 N–H and O–H groups in total. The molecule has 156 valence electrons. The zero-order chi connectivity index (χ0) is 20.3. The Kier molecular flexibility index (Phi) is 6.12. The van der Waals surface area contributed by atoms with Gasteiger partial charge < -0.3 is 4.90 Å².